The van der Waals surface area contributed by atoms with Crippen molar-refractivity contribution >= 4 is 5.90 Å². The van der Waals surface area contributed by atoms with Crippen LogP contribution in [0.4, 0.5) is 4.39 Å². The van der Waals surface area contributed by atoms with E-state index in [1.165, 1.54) is 26.4 Å². The van der Waals surface area contributed by atoms with Crippen LogP contribution in [0.5, 0.6) is 5.75 Å². The maximum atomic E-state index is 13.2. The molecule has 14 heavy (non-hydrogen) atoms. The van der Waals surface area contributed by atoms with Gasteiger partial charge in [-0.05, 0) is 17.7 Å². The van der Waals surface area contributed by atoms with Crippen LogP contribution < -0.4 is 4.74 Å². The van der Waals surface area contributed by atoms with Crippen molar-refractivity contribution in [1.29, 1.82) is 5.41 Å². The average molecular weight is 197 g/mol. The zero-order valence-corrected chi connectivity index (χ0v) is 8.13. The lowest BCUT2D eigenvalue weighted by Crippen LogP contribution is -2.03. The number of halogens is 1. The summed E-state index contributed by atoms with van der Waals surface area (Å²) in [5.41, 5.74) is 0.690. The predicted octanol–water partition coefficient (Wildman–Crippen LogP) is 2.00. The Hall–Kier alpha value is -1.58. The Balaban J connectivity index is 2.81. The van der Waals surface area contributed by atoms with Crippen molar-refractivity contribution in [3.8, 4) is 5.75 Å². The third-order valence-corrected chi connectivity index (χ3v) is 1.83. The highest BCUT2D eigenvalue weighted by Gasteiger charge is 2.05. The summed E-state index contributed by atoms with van der Waals surface area (Å²) in [6.07, 6.45) is 0.289. The van der Waals surface area contributed by atoms with E-state index in [0.717, 1.165) is 0 Å². The quantitative estimate of drug-likeness (QED) is 0.594. The number of ether oxygens (including phenoxy) is 2. The molecule has 0 unspecified atom stereocenters. The van der Waals surface area contributed by atoms with Gasteiger partial charge < -0.3 is 9.47 Å². The molecule has 1 rings (SSSR count). The largest absolute Gasteiger partial charge is 0.494 e. The maximum absolute atomic E-state index is 13.2. The van der Waals surface area contributed by atoms with Crippen molar-refractivity contribution in [2.75, 3.05) is 14.2 Å². The summed E-state index contributed by atoms with van der Waals surface area (Å²) >= 11 is 0. The molecule has 76 valence electrons. The highest BCUT2D eigenvalue weighted by atomic mass is 19.1. The molecule has 0 fully saturated rings. The molecule has 0 atom stereocenters. The molecule has 0 amide bonds. The molecule has 1 aromatic carbocycles. The molecule has 0 aromatic heterocycles. The van der Waals surface area contributed by atoms with Crippen LogP contribution in [0.3, 0.4) is 0 Å². The van der Waals surface area contributed by atoms with Crippen LogP contribution in [0.25, 0.3) is 0 Å². The van der Waals surface area contributed by atoms with Gasteiger partial charge in [0.2, 0.25) is 0 Å². The summed E-state index contributed by atoms with van der Waals surface area (Å²) in [6.45, 7) is 0. The van der Waals surface area contributed by atoms with Gasteiger partial charge in [0.1, 0.15) is 0 Å². The van der Waals surface area contributed by atoms with Crippen molar-refractivity contribution in [3.63, 3.8) is 0 Å². The van der Waals surface area contributed by atoms with Crippen LogP contribution in [-0.4, -0.2) is 20.1 Å². The zero-order valence-electron chi connectivity index (χ0n) is 8.13. The van der Waals surface area contributed by atoms with Gasteiger partial charge in [-0.25, -0.2) is 4.39 Å². The lowest BCUT2D eigenvalue weighted by Gasteiger charge is -2.05. The molecular formula is C10H12FNO2. The summed E-state index contributed by atoms with van der Waals surface area (Å²) in [4.78, 5) is 0. The Morgan fingerprint density at radius 3 is 2.64 bits per heavy atom. The predicted molar refractivity (Wildman–Crippen MR) is 51.4 cm³/mol. The van der Waals surface area contributed by atoms with E-state index in [1.54, 1.807) is 6.07 Å². The first-order valence-corrected chi connectivity index (χ1v) is 4.11. The molecule has 0 aliphatic heterocycles. The molecule has 1 aromatic rings. The van der Waals surface area contributed by atoms with Crippen molar-refractivity contribution in [2.24, 2.45) is 0 Å². The lowest BCUT2D eigenvalue weighted by molar-refractivity contribution is 0.384. The van der Waals surface area contributed by atoms with Crippen molar-refractivity contribution in [3.05, 3.63) is 29.6 Å². The first-order chi connectivity index (χ1) is 6.67. The Bertz CT molecular complexity index is 339. The summed E-state index contributed by atoms with van der Waals surface area (Å²) in [5, 5.41) is 7.27. The third-order valence-electron chi connectivity index (χ3n) is 1.83. The van der Waals surface area contributed by atoms with E-state index in [0.29, 0.717) is 5.56 Å². The monoisotopic (exact) mass is 197 g/mol. The van der Waals surface area contributed by atoms with E-state index in [1.807, 2.05) is 0 Å². The smallest absolute Gasteiger partial charge is 0.184 e. The van der Waals surface area contributed by atoms with Crippen LogP contribution >= 0.6 is 0 Å². The van der Waals surface area contributed by atoms with Crippen LogP contribution in [-0.2, 0) is 11.2 Å². The fourth-order valence-electron chi connectivity index (χ4n) is 1.08. The lowest BCUT2D eigenvalue weighted by atomic mass is 10.1. The van der Waals surface area contributed by atoms with Gasteiger partial charge in [0.25, 0.3) is 0 Å². The van der Waals surface area contributed by atoms with Gasteiger partial charge >= 0.3 is 0 Å². The topological polar surface area (TPSA) is 42.3 Å². The number of methoxy groups -OCH3 is 2. The molecule has 0 bridgehead atoms. The molecule has 0 heterocycles. The Kier molecular flexibility index (Phi) is 3.45. The zero-order chi connectivity index (χ0) is 10.6. The Morgan fingerprint density at radius 2 is 2.14 bits per heavy atom. The van der Waals surface area contributed by atoms with E-state index < -0.39 is 5.82 Å². The second kappa shape index (κ2) is 4.60. The molecule has 0 aliphatic rings. The normalized spacial score (nSPS) is 9.64. The van der Waals surface area contributed by atoms with E-state index >= 15 is 0 Å². The minimum absolute atomic E-state index is 0.106. The molecule has 0 radical (unpaired) electrons. The SMILES string of the molecule is COC(=N)Cc1ccc(OC)c(F)c1. The van der Waals surface area contributed by atoms with Gasteiger partial charge in [-0.15, -0.1) is 0 Å². The van der Waals surface area contributed by atoms with Crippen molar-refractivity contribution in [1.82, 2.24) is 0 Å². The molecule has 0 aliphatic carbocycles. The van der Waals surface area contributed by atoms with E-state index in [2.05, 4.69) is 4.74 Å². The Labute approximate surface area is 82.0 Å². The van der Waals surface area contributed by atoms with Crippen LogP contribution in [0.2, 0.25) is 0 Å². The van der Waals surface area contributed by atoms with Gasteiger partial charge in [0.05, 0.1) is 14.2 Å². The molecule has 3 nitrogen and oxygen atoms in total. The summed E-state index contributed by atoms with van der Waals surface area (Å²) in [5.74, 6) is -0.110. The average Bonchev–Trinajstić information content (AvgIpc) is 2.18. The number of rotatable bonds is 3. The minimum atomic E-state index is -0.422. The van der Waals surface area contributed by atoms with E-state index in [-0.39, 0.29) is 18.1 Å². The molecule has 0 saturated carbocycles. The highest BCUT2D eigenvalue weighted by Crippen LogP contribution is 2.17. The maximum Gasteiger partial charge on any atom is 0.184 e. The fraction of sp³-hybridized carbons (Fsp3) is 0.300. The van der Waals surface area contributed by atoms with E-state index in [4.69, 9.17) is 10.1 Å². The third kappa shape index (κ3) is 2.45. The molecule has 1 N–H and O–H groups in total. The molecule has 0 spiro atoms. The highest BCUT2D eigenvalue weighted by molar-refractivity contribution is 5.75. The van der Waals surface area contributed by atoms with E-state index in [9.17, 15) is 4.39 Å². The first kappa shape index (κ1) is 10.5. The fourth-order valence-corrected chi connectivity index (χ4v) is 1.08. The van der Waals surface area contributed by atoms with Gasteiger partial charge in [-0.3, -0.25) is 5.41 Å². The standard InChI is InChI=1S/C10H12FNO2/c1-13-9-4-3-7(5-8(9)11)6-10(12)14-2/h3-5,12H,6H2,1-2H3. The molecular weight excluding hydrogens is 185 g/mol. The molecule has 0 saturated heterocycles. The number of benzene rings is 1. The van der Waals surface area contributed by atoms with Crippen LogP contribution in [0.1, 0.15) is 5.56 Å². The Morgan fingerprint density at radius 1 is 1.43 bits per heavy atom. The summed E-state index contributed by atoms with van der Waals surface area (Å²) in [7, 11) is 2.83. The second-order valence-electron chi connectivity index (χ2n) is 2.77. The van der Waals surface area contributed by atoms with Crippen LogP contribution in [0, 0.1) is 11.2 Å². The van der Waals surface area contributed by atoms with Gasteiger partial charge in [0.15, 0.2) is 17.5 Å². The summed E-state index contributed by atoms with van der Waals surface area (Å²) < 4.78 is 22.6. The van der Waals surface area contributed by atoms with Crippen LogP contribution in [0.15, 0.2) is 18.2 Å². The van der Waals surface area contributed by atoms with Gasteiger partial charge in [-0.1, -0.05) is 6.07 Å². The van der Waals surface area contributed by atoms with Gasteiger partial charge in [0, 0.05) is 6.42 Å². The van der Waals surface area contributed by atoms with Crippen molar-refractivity contribution < 1.29 is 13.9 Å². The van der Waals surface area contributed by atoms with Gasteiger partial charge in [-0.2, -0.15) is 0 Å². The number of hydrogen-bond acceptors (Lipinski definition) is 3. The second-order valence-corrected chi connectivity index (χ2v) is 2.77. The number of hydrogen-bond donors (Lipinski definition) is 1. The number of nitrogens with one attached hydrogen (secondary N) is 1. The molecule has 4 heteroatoms. The van der Waals surface area contributed by atoms with Crippen molar-refractivity contribution in [2.45, 2.75) is 6.42 Å². The summed E-state index contributed by atoms with van der Waals surface area (Å²) in [6, 6.07) is 4.58. The first-order valence-electron chi connectivity index (χ1n) is 4.11. The minimum Gasteiger partial charge on any atom is -0.494 e.